The van der Waals surface area contributed by atoms with Gasteiger partial charge >= 0.3 is 29.6 Å². The number of Topliss-reactive ketones (excluding diaryl/α,β-unsaturated/α-hetero) is 1. The molecule has 0 saturated carbocycles. The van der Waals surface area contributed by atoms with Gasteiger partial charge in [0.05, 0.1) is 19.0 Å². The average Bonchev–Trinajstić information content (AvgIpc) is 2.73. The third-order valence-corrected chi connectivity index (χ3v) is 6.04. The second kappa shape index (κ2) is 18.7. The molecule has 0 heterocycles. The van der Waals surface area contributed by atoms with Crippen LogP contribution in [0.3, 0.4) is 0 Å². The summed E-state index contributed by atoms with van der Waals surface area (Å²) in [5.41, 5.74) is 0. The topological polar surface area (TPSA) is 182 Å². The Labute approximate surface area is 207 Å². The van der Waals surface area contributed by atoms with Gasteiger partial charge in [0.15, 0.2) is 5.78 Å². The van der Waals surface area contributed by atoms with E-state index in [2.05, 4.69) is 6.92 Å². The quantitative estimate of drug-likeness (QED) is 0.0726. The van der Waals surface area contributed by atoms with Crippen LogP contribution in [0.2, 0.25) is 0 Å². The number of aliphatic hydroxyl groups is 6. The molecule has 0 fully saturated rings. The maximum absolute atomic E-state index is 11.9. The normalized spacial score (nSPS) is 16.7. The fourth-order valence-electron chi connectivity index (χ4n) is 2.77. The van der Waals surface area contributed by atoms with Crippen LogP contribution < -0.4 is 0 Å². The van der Waals surface area contributed by atoms with Crippen LogP contribution in [0.4, 0.5) is 0 Å². The minimum absolute atomic E-state index is 0. The van der Waals surface area contributed by atoms with E-state index in [0.717, 1.165) is 25.7 Å². The van der Waals surface area contributed by atoms with Crippen LogP contribution >= 0.6 is 0 Å². The number of unbranched alkanes of at least 4 members (excludes halogenated alkanes) is 7. The van der Waals surface area contributed by atoms with Gasteiger partial charge in [-0.05, 0) is 12.8 Å². The summed E-state index contributed by atoms with van der Waals surface area (Å²) in [5.74, 6) is -1.98. The molecule has 10 nitrogen and oxygen atoms in total. The van der Waals surface area contributed by atoms with Crippen LogP contribution in [0.15, 0.2) is 0 Å². The second-order valence-electron chi connectivity index (χ2n) is 7.44. The number of carbonyl (C=O) groups is 1. The molecule has 31 heavy (non-hydrogen) atoms. The number of hydrogen-bond acceptors (Lipinski definition) is 10. The molecule has 1 unspecified atom stereocenters. The summed E-state index contributed by atoms with van der Waals surface area (Å²) in [6.45, 7) is 1.23. The van der Waals surface area contributed by atoms with Gasteiger partial charge in [0.2, 0.25) is 0 Å². The van der Waals surface area contributed by atoms with Gasteiger partial charge in [0.1, 0.15) is 30.5 Å². The molecule has 0 aliphatic heterocycles. The second-order valence-corrected chi connectivity index (χ2v) is 9.20. The molecule has 6 N–H and O–H groups in total. The van der Waals surface area contributed by atoms with Gasteiger partial charge in [-0.2, -0.15) is 8.42 Å². The van der Waals surface area contributed by atoms with E-state index in [4.69, 9.17) is 9.29 Å². The van der Waals surface area contributed by atoms with Crippen molar-refractivity contribution >= 4 is 45.5 Å². The Balaban J connectivity index is 0. The minimum atomic E-state index is -3.97. The Morgan fingerprint density at radius 3 is 1.90 bits per heavy atom. The third-order valence-electron chi connectivity index (χ3n) is 4.78. The Morgan fingerprint density at radius 1 is 0.871 bits per heavy atom. The molecule has 5 atom stereocenters. The Hall–Kier alpha value is 0.340. The van der Waals surface area contributed by atoms with Crippen molar-refractivity contribution in [3.63, 3.8) is 0 Å². The third kappa shape index (κ3) is 15.0. The predicted octanol–water partition coefficient (Wildman–Crippen LogP) is -1.42. The van der Waals surface area contributed by atoms with E-state index in [1.165, 1.54) is 19.3 Å². The molecule has 0 saturated heterocycles. The van der Waals surface area contributed by atoms with Crippen molar-refractivity contribution < 1.29 is 48.0 Å². The number of rotatable bonds is 19. The van der Waals surface area contributed by atoms with Crippen LogP contribution in [0, 0.1) is 0 Å². The van der Waals surface area contributed by atoms with E-state index in [1.54, 1.807) is 0 Å². The Bertz CT molecular complexity index is 560. The van der Waals surface area contributed by atoms with Crippen molar-refractivity contribution in [3.8, 4) is 0 Å². The van der Waals surface area contributed by atoms with Gasteiger partial charge in [0, 0.05) is 0 Å². The van der Waals surface area contributed by atoms with Gasteiger partial charge in [-0.25, -0.2) is 0 Å². The zero-order valence-electron chi connectivity index (χ0n) is 17.6. The molecule has 0 aliphatic rings. The molecule has 182 valence electrons. The van der Waals surface area contributed by atoms with Gasteiger partial charge in [0.25, 0.3) is 10.1 Å². The van der Waals surface area contributed by atoms with E-state index in [9.17, 15) is 38.7 Å². The number of carbonyl (C=O) groups excluding carboxylic acids is 1. The molecule has 0 aromatic heterocycles. The molecule has 12 heteroatoms. The fraction of sp³-hybridized carbons (Fsp3) is 0.947. The van der Waals surface area contributed by atoms with Gasteiger partial charge in [-0.1, -0.05) is 51.9 Å². The standard InChI is InChI=1S/C19H38O10S.Na.H/c1-2-3-4-5-6-7-8-9-11-29-30(27,28)12-10-14(21)16(23)18(25)19(26)17(24)15(22)13-20;;/h14-15,17-22,24-26H,2-13H2,1H3;;/t14?,15-,17-,18+,19+;;/m1../s1. The molecule has 0 aliphatic carbocycles. The first kappa shape index (κ1) is 33.5. The molecule has 0 aromatic rings. The van der Waals surface area contributed by atoms with E-state index in [0.29, 0.717) is 6.42 Å². The zero-order valence-corrected chi connectivity index (χ0v) is 18.4. The average molecular weight is 483 g/mol. The summed E-state index contributed by atoms with van der Waals surface area (Å²) in [6.07, 6.45) is -2.47. The van der Waals surface area contributed by atoms with Crippen molar-refractivity contribution in [1.82, 2.24) is 0 Å². The molecule has 0 aromatic carbocycles. The van der Waals surface area contributed by atoms with Crippen molar-refractivity contribution in [1.29, 1.82) is 0 Å². The molecule has 0 bridgehead atoms. The molecule has 0 rings (SSSR count). The summed E-state index contributed by atoms with van der Waals surface area (Å²) in [7, 11) is -3.97. The van der Waals surface area contributed by atoms with Gasteiger partial charge in [-0.15, -0.1) is 0 Å². The van der Waals surface area contributed by atoms with Crippen molar-refractivity contribution in [3.05, 3.63) is 0 Å². The van der Waals surface area contributed by atoms with Gasteiger partial charge in [-0.3, -0.25) is 8.98 Å². The summed E-state index contributed by atoms with van der Waals surface area (Å²) in [5, 5.41) is 56.5. The predicted molar refractivity (Wildman–Crippen MR) is 116 cm³/mol. The van der Waals surface area contributed by atoms with Crippen LogP contribution in [-0.2, 0) is 19.1 Å². The van der Waals surface area contributed by atoms with E-state index >= 15 is 0 Å². The molecular weight excluding hydrogens is 443 g/mol. The van der Waals surface area contributed by atoms with E-state index in [-0.39, 0.29) is 36.2 Å². The van der Waals surface area contributed by atoms with Crippen LogP contribution in [0.25, 0.3) is 0 Å². The van der Waals surface area contributed by atoms with Crippen molar-refractivity contribution in [2.45, 2.75) is 95.2 Å². The zero-order chi connectivity index (χ0) is 23.2. The molecule has 0 amide bonds. The van der Waals surface area contributed by atoms with Crippen LogP contribution in [0.5, 0.6) is 0 Å². The first-order valence-corrected chi connectivity index (χ1v) is 12.1. The molecular formula is C19H39NaO10S. The van der Waals surface area contributed by atoms with E-state index < -0.39 is 65.2 Å². The number of aliphatic hydroxyl groups excluding tert-OH is 6. The van der Waals surface area contributed by atoms with E-state index in [1.807, 2.05) is 0 Å². The van der Waals surface area contributed by atoms with Crippen molar-refractivity contribution in [2.75, 3.05) is 19.0 Å². The summed E-state index contributed by atoms with van der Waals surface area (Å²) in [4.78, 5) is 11.9. The first-order chi connectivity index (χ1) is 14.1. The summed E-state index contributed by atoms with van der Waals surface area (Å²) < 4.78 is 28.5. The number of ketones is 1. The monoisotopic (exact) mass is 482 g/mol. The molecule has 0 spiro atoms. The van der Waals surface area contributed by atoms with Gasteiger partial charge < -0.3 is 30.6 Å². The van der Waals surface area contributed by atoms with Crippen molar-refractivity contribution in [2.24, 2.45) is 0 Å². The Morgan fingerprint density at radius 2 is 1.39 bits per heavy atom. The fourth-order valence-corrected chi connectivity index (χ4v) is 3.77. The summed E-state index contributed by atoms with van der Waals surface area (Å²) in [6, 6.07) is 0. The SMILES string of the molecule is CCCCCCCCCCOS(=O)(=O)CCC(O)C(=O)[C@H](O)[C@@H](O)[C@H](O)[C@H](O)CO.[NaH]. The summed E-state index contributed by atoms with van der Waals surface area (Å²) >= 11 is 0. The number of hydrogen-bond donors (Lipinski definition) is 6. The van der Waals surface area contributed by atoms with Crippen LogP contribution in [0.1, 0.15) is 64.7 Å². The van der Waals surface area contributed by atoms with Crippen LogP contribution in [-0.4, -0.2) is 124 Å². The Kier molecular flexibility index (Phi) is 20.3. The molecule has 0 radical (unpaired) electrons. The first-order valence-electron chi connectivity index (χ1n) is 10.5. The maximum atomic E-state index is 11.9.